The molecule has 0 aliphatic heterocycles. The van der Waals surface area contributed by atoms with E-state index in [1.807, 2.05) is 6.07 Å². The number of nitrogen functional groups attached to an aromatic ring is 1. The Morgan fingerprint density at radius 3 is 2.76 bits per heavy atom. The van der Waals surface area contributed by atoms with Crippen molar-refractivity contribution >= 4 is 28.6 Å². The van der Waals surface area contributed by atoms with E-state index in [1.54, 1.807) is 34.9 Å². The molecule has 2 N–H and O–H groups in total. The van der Waals surface area contributed by atoms with E-state index in [1.165, 1.54) is 7.11 Å². The molecule has 0 saturated heterocycles. The highest BCUT2D eigenvalue weighted by atomic mass is 35.5. The van der Waals surface area contributed by atoms with Crippen molar-refractivity contribution < 1.29 is 4.74 Å². The molecule has 0 fully saturated rings. The number of nitrogens with zero attached hydrogens (tertiary/aromatic N) is 3. The molecule has 1 heterocycles. The maximum atomic E-state index is 9.36. The number of hydrogen-bond donors (Lipinski definition) is 1. The Morgan fingerprint density at radius 1 is 1.29 bits per heavy atom. The molecule has 0 aliphatic rings. The van der Waals surface area contributed by atoms with E-state index in [0.717, 1.165) is 0 Å². The van der Waals surface area contributed by atoms with Gasteiger partial charge in [-0.05, 0) is 24.3 Å². The van der Waals surface area contributed by atoms with Gasteiger partial charge in [-0.2, -0.15) is 5.26 Å². The van der Waals surface area contributed by atoms with E-state index in [0.29, 0.717) is 33.1 Å². The fraction of sp³-hybridized carbons (Fsp3) is 0.0667. The van der Waals surface area contributed by atoms with E-state index in [-0.39, 0.29) is 5.95 Å². The first-order valence-corrected chi connectivity index (χ1v) is 6.55. The predicted octanol–water partition coefficient (Wildman–Crippen LogP) is 3.14. The van der Waals surface area contributed by atoms with Crippen molar-refractivity contribution in [3.63, 3.8) is 0 Å². The highest BCUT2D eigenvalue weighted by Crippen LogP contribution is 2.34. The van der Waals surface area contributed by atoms with Crippen LogP contribution in [0.15, 0.2) is 36.4 Å². The minimum atomic E-state index is 0.249. The minimum Gasteiger partial charge on any atom is -0.495 e. The monoisotopic (exact) mass is 298 g/mol. The Bertz CT molecular complexity index is 879. The van der Waals surface area contributed by atoms with Crippen LogP contribution in [0.1, 0.15) is 5.56 Å². The van der Waals surface area contributed by atoms with Crippen LogP contribution in [0.25, 0.3) is 16.7 Å². The van der Waals surface area contributed by atoms with Crippen molar-refractivity contribution in [2.45, 2.75) is 0 Å². The molecule has 5 nitrogen and oxygen atoms in total. The molecule has 0 amide bonds. The summed E-state index contributed by atoms with van der Waals surface area (Å²) in [6.45, 7) is 0. The van der Waals surface area contributed by atoms with Crippen molar-refractivity contribution in [2.75, 3.05) is 12.8 Å². The Labute approximate surface area is 126 Å². The number of nitriles is 1. The van der Waals surface area contributed by atoms with Crippen LogP contribution in [-0.2, 0) is 0 Å². The molecule has 2 aromatic carbocycles. The van der Waals surface area contributed by atoms with Gasteiger partial charge in [0.1, 0.15) is 17.5 Å². The highest BCUT2D eigenvalue weighted by molar-refractivity contribution is 6.35. The van der Waals surface area contributed by atoms with Gasteiger partial charge in [-0.25, -0.2) is 4.98 Å². The van der Waals surface area contributed by atoms with Crippen LogP contribution < -0.4 is 10.5 Å². The van der Waals surface area contributed by atoms with Crippen LogP contribution in [0.5, 0.6) is 5.75 Å². The van der Waals surface area contributed by atoms with Gasteiger partial charge in [-0.3, -0.25) is 4.57 Å². The van der Waals surface area contributed by atoms with Crippen LogP contribution in [-0.4, -0.2) is 16.7 Å². The van der Waals surface area contributed by atoms with E-state index >= 15 is 0 Å². The predicted molar refractivity (Wildman–Crippen MR) is 81.8 cm³/mol. The lowest BCUT2D eigenvalue weighted by Gasteiger charge is -2.13. The standard InChI is InChI=1S/C15H11ClN4O/c1-21-12-7-2-4-9(8-17)13(12)20-14-10(16)5-3-6-11(14)19-15(20)18/h2-7H,1H3,(H2,18,19). The Kier molecular flexibility index (Phi) is 3.16. The summed E-state index contributed by atoms with van der Waals surface area (Å²) in [7, 11) is 1.54. The lowest BCUT2D eigenvalue weighted by Crippen LogP contribution is -2.05. The first-order valence-electron chi connectivity index (χ1n) is 6.17. The molecule has 0 atom stereocenters. The van der Waals surface area contributed by atoms with E-state index < -0.39 is 0 Å². The number of aromatic nitrogens is 2. The summed E-state index contributed by atoms with van der Waals surface area (Å²) < 4.78 is 7.00. The fourth-order valence-corrected chi connectivity index (χ4v) is 2.59. The summed E-state index contributed by atoms with van der Waals surface area (Å²) in [5, 5.41) is 9.86. The summed E-state index contributed by atoms with van der Waals surface area (Å²) in [5.74, 6) is 0.777. The number of benzene rings is 2. The zero-order valence-electron chi connectivity index (χ0n) is 11.2. The maximum absolute atomic E-state index is 9.36. The summed E-state index contributed by atoms with van der Waals surface area (Å²) >= 11 is 6.28. The summed E-state index contributed by atoms with van der Waals surface area (Å²) in [4.78, 5) is 4.29. The number of ether oxygens (including phenoxy) is 1. The molecule has 6 heteroatoms. The molecule has 0 aliphatic carbocycles. The van der Waals surface area contributed by atoms with Crippen molar-refractivity contribution in [3.05, 3.63) is 47.0 Å². The second kappa shape index (κ2) is 5.00. The third kappa shape index (κ3) is 1.97. The lowest BCUT2D eigenvalue weighted by molar-refractivity contribution is 0.413. The molecule has 104 valence electrons. The van der Waals surface area contributed by atoms with Crippen LogP contribution >= 0.6 is 11.6 Å². The van der Waals surface area contributed by atoms with Gasteiger partial charge < -0.3 is 10.5 Å². The largest absolute Gasteiger partial charge is 0.495 e. The van der Waals surface area contributed by atoms with Crippen LogP contribution in [0.3, 0.4) is 0 Å². The Balaban J connectivity index is 2.47. The second-order valence-corrected chi connectivity index (χ2v) is 4.79. The number of rotatable bonds is 2. The van der Waals surface area contributed by atoms with Crippen LogP contribution in [0, 0.1) is 11.3 Å². The van der Waals surface area contributed by atoms with Gasteiger partial charge in [0.15, 0.2) is 0 Å². The lowest BCUT2D eigenvalue weighted by atomic mass is 10.1. The van der Waals surface area contributed by atoms with Crippen LogP contribution in [0.2, 0.25) is 5.02 Å². The van der Waals surface area contributed by atoms with Gasteiger partial charge in [0.25, 0.3) is 0 Å². The average Bonchev–Trinajstić information content (AvgIpc) is 2.83. The first-order chi connectivity index (χ1) is 10.2. The molecule has 0 unspecified atom stereocenters. The molecule has 3 aromatic rings. The van der Waals surface area contributed by atoms with Crippen molar-refractivity contribution in [1.29, 1.82) is 5.26 Å². The molecule has 0 radical (unpaired) electrons. The number of para-hydroxylation sites is 2. The summed E-state index contributed by atoms with van der Waals surface area (Å²) in [6.07, 6.45) is 0. The second-order valence-electron chi connectivity index (χ2n) is 4.38. The van der Waals surface area contributed by atoms with Crippen LogP contribution in [0.4, 0.5) is 5.95 Å². The Hall–Kier alpha value is -2.71. The van der Waals surface area contributed by atoms with Crippen molar-refractivity contribution in [1.82, 2.24) is 9.55 Å². The average molecular weight is 299 g/mol. The smallest absolute Gasteiger partial charge is 0.206 e. The van der Waals surface area contributed by atoms with Gasteiger partial charge in [0, 0.05) is 0 Å². The number of imidazole rings is 1. The fourth-order valence-electron chi connectivity index (χ4n) is 2.34. The van der Waals surface area contributed by atoms with Crippen molar-refractivity contribution in [2.24, 2.45) is 0 Å². The Morgan fingerprint density at radius 2 is 2.05 bits per heavy atom. The quantitative estimate of drug-likeness (QED) is 0.788. The first kappa shape index (κ1) is 13.3. The highest BCUT2D eigenvalue weighted by Gasteiger charge is 2.19. The number of anilines is 1. The maximum Gasteiger partial charge on any atom is 0.206 e. The van der Waals surface area contributed by atoms with Gasteiger partial charge in [-0.1, -0.05) is 23.7 Å². The van der Waals surface area contributed by atoms with Gasteiger partial charge in [-0.15, -0.1) is 0 Å². The summed E-state index contributed by atoms with van der Waals surface area (Å²) in [5.41, 5.74) is 8.31. The topological polar surface area (TPSA) is 76.9 Å². The van der Waals surface area contributed by atoms with E-state index in [2.05, 4.69) is 11.1 Å². The molecular weight excluding hydrogens is 288 g/mol. The third-order valence-corrected chi connectivity index (χ3v) is 3.52. The third-order valence-electron chi connectivity index (χ3n) is 3.22. The number of nitrogens with two attached hydrogens (primary N) is 1. The molecule has 21 heavy (non-hydrogen) atoms. The van der Waals surface area contributed by atoms with Gasteiger partial charge in [0.2, 0.25) is 5.95 Å². The normalized spacial score (nSPS) is 10.5. The molecule has 0 bridgehead atoms. The van der Waals surface area contributed by atoms with Crippen molar-refractivity contribution in [3.8, 4) is 17.5 Å². The summed E-state index contributed by atoms with van der Waals surface area (Å²) in [6, 6.07) is 12.7. The number of methoxy groups -OCH3 is 1. The number of halogens is 1. The molecule has 0 spiro atoms. The van der Waals surface area contributed by atoms with Gasteiger partial charge >= 0.3 is 0 Å². The molecular formula is C15H11ClN4O. The van der Waals surface area contributed by atoms with Gasteiger partial charge in [0.05, 0.1) is 28.7 Å². The molecule has 1 aromatic heterocycles. The minimum absolute atomic E-state index is 0.249. The molecule has 0 saturated carbocycles. The zero-order valence-corrected chi connectivity index (χ0v) is 11.9. The van der Waals surface area contributed by atoms with E-state index in [9.17, 15) is 5.26 Å². The van der Waals surface area contributed by atoms with E-state index in [4.69, 9.17) is 22.1 Å². The number of hydrogen-bond acceptors (Lipinski definition) is 4. The molecule has 3 rings (SSSR count). The zero-order chi connectivity index (χ0) is 15.0. The SMILES string of the molecule is COc1cccc(C#N)c1-n1c(N)nc2cccc(Cl)c21. The number of fused-ring (bicyclic) bond motifs is 1.